The van der Waals surface area contributed by atoms with E-state index in [2.05, 4.69) is 5.16 Å². The third-order valence-electron chi connectivity index (χ3n) is 4.24. The highest BCUT2D eigenvalue weighted by Gasteiger charge is 2.29. The number of oxime groups is 1. The zero-order valence-electron chi connectivity index (χ0n) is 16.1. The summed E-state index contributed by atoms with van der Waals surface area (Å²) in [6.45, 7) is 1.91. The lowest BCUT2D eigenvalue weighted by molar-refractivity contribution is -0.137. The first-order valence-electron chi connectivity index (χ1n) is 9.09. The van der Waals surface area contributed by atoms with Gasteiger partial charge in [0.25, 0.3) is 0 Å². The second kappa shape index (κ2) is 9.49. The molecule has 0 aliphatic carbocycles. The minimum atomic E-state index is -4.36. The first-order valence-corrected chi connectivity index (χ1v) is 9.09. The summed E-state index contributed by atoms with van der Waals surface area (Å²) in [7, 11) is 0. The van der Waals surface area contributed by atoms with Crippen LogP contribution in [0.25, 0.3) is 0 Å². The van der Waals surface area contributed by atoms with E-state index in [-0.39, 0.29) is 19.8 Å². The summed E-state index contributed by atoms with van der Waals surface area (Å²) >= 11 is 0. The van der Waals surface area contributed by atoms with Crippen molar-refractivity contribution in [1.29, 1.82) is 0 Å². The van der Waals surface area contributed by atoms with Crippen molar-refractivity contribution in [3.8, 4) is 5.75 Å². The fourth-order valence-electron chi connectivity index (χ4n) is 2.58. The van der Waals surface area contributed by atoms with E-state index in [4.69, 9.17) is 19.1 Å². The summed E-state index contributed by atoms with van der Waals surface area (Å²) in [5.74, 6) is 1.73. The van der Waals surface area contributed by atoms with Crippen molar-refractivity contribution in [1.82, 2.24) is 0 Å². The highest BCUT2D eigenvalue weighted by atomic mass is 19.4. The molecule has 3 aromatic rings. The van der Waals surface area contributed by atoms with Gasteiger partial charge in [-0.1, -0.05) is 17.3 Å². The SMILES string of the molecule is C/C(=N\OCc1ccc(C(F)(F)F)cc1)c1ccc(OCc2ccc(CO)o2)cc1. The molecule has 2 aromatic carbocycles. The molecule has 1 aromatic heterocycles. The van der Waals surface area contributed by atoms with Gasteiger partial charge in [0.1, 0.15) is 37.1 Å². The maximum atomic E-state index is 12.6. The Morgan fingerprint density at radius 2 is 1.60 bits per heavy atom. The summed E-state index contributed by atoms with van der Waals surface area (Å²) in [4.78, 5) is 5.25. The van der Waals surface area contributed by atoms with E-state index >= 15 is 0 Å². The van der Waals surface area contributed by atoms with Crippen molar-refractivity contribution in [2.24, 2.45) is 5.16 Å². The average Bonchev–Trinajstić information content (AvgIpc) is 3.20. The van der Waals surface area contributed by atoms with Crippen molar-refractivity contribution in [3.05, 3.63) is 88.9 Å². The van der Waals surface area contributed by atoms with Gasteiger partial charge in [0.2, 0.25) is 0 Å². The number of aliphatic hydroxyl groups is 1. The molecule has 0 saturated heterocycles. The van der Waals surface area contributed by atoms with Gasteiger partial charge in [-0.2, -0.15) is 13.2 Å². The third kappa shape index (κ3) is 5.87. The first-order chi connectivity index (χ1) is 14.3. The molecule has 158 valence electrons. The number of furan rings is 1. The number of alkyl halides is 3. The standard InChI is InChI=1S/C22H20F3NO4/c1-15(26-29-13-16-2-6-18(7-3-16)22(23,24)25)17-4-8-19(9-5-17)28-14-21-11-10-20(12-27)30-21/h2-11,27H,12-14H2,1H3/b26-15+. The Bertz CT molecular complexity index is 977. The van der Waals surface area contributed by atoms with Crippen LogP contribution in [0.1, 0.15) is 35.1 Å². The molecule has 0 aliphatic rings. The molecular weight excluding hydrogens is 399 g/mol. The lowest BCUT2D eigenvalue weighted by atomic mass is 10.1. The van der Waals surface area contributed by atoms with Gasteiger partial charge < -0.3 is 19.1 Å². The predicted molar refractivity (Wildman–Crippen MR) is 104 cm³/mol. The van der Waals surface area contributed by atoms with Crippen molar-refractivity contribution in [2.45, 2.75) is 32.9 Å². The molecule has 30 heavy (non-hydrogen) atoms. The van der Waals surface area contributed by atoms with E-state index in [1.165, 1.54) is 12.1 Å². The van der Waals surface area contributed by atoms with E-state index in [0.29, 0.717) is 28.5 Å². The Morgan fingerprint density at radius 3 is 2.20 bits per heavy atom. The topological polar surface area (TPSA) is 64.2 Å². The number of hydrogen-bond acceptors (Lipinski definition) is 5. The normalized spacial score (nSPS) is 12.1. The van der Waals surface area contributed by atoms with E-state index in [1.807, 2.05) is 12.1 Å². The third-order valence-corrected chi connectivity index (χ3v) is 4.24. The number of hydrogen-bond donors (Lipinski definition) is 1. The average molecular weight is 419 g/mol. The molecule has 0 amide bonds. The Kier molecular flexibility index (Phi) is 6.79. The van der Waals surface area contributed by atoms with Crippen molar-refractivity contribution in [3.63, 3.8) is 0 Å². The number of aliphatic hydroxyl groups excluding tert-OH is 1. The van der Waals surface area contributed by atoms with Gasteiger partial charge in [0.15, 0.2) is 0 Å². The van der Waals surface area contributed by atoms with Crippen LogP contribution in [0.5, 0.6) is 5.75 Å². The van der Waals surface area contributed by atoms with Crippen LogP contribution in [-0.2, 0) is 30.8 Å². The van der Waals surface area contributed by atoms with Crippen molar-refractivity contribution < 1.29 is 32.3 Å². The number of ether oxygens (including phenoxy) is 1. The quantitative estimate of drug-likeness (QED) is 0.397. The van der Waals surface area contributed by atoms with E-state index in [9.17, 15) is 13.2 Å². The Balaban J connectivity index is 1.50. The highest BCUT2D eigenvalue weighted by Crippen LogP contribution is 2.29. The molecule has 8 heteroatoms. The zero-order chi connectivity index (χ0) is 21.6. The van der Waals surface area contributed by atoms with E-state index < -0.39 is 11.7 Å². The number of nitrogens with zero attached hydrogens (tertiary/aromatic N) is 1. The molecule has 3 rings (SSSR count). The van der Waals surface area contributed by atoms with Gasteiger partial charge in [0, 0.05) is 0 Å². The number of benzene rings is 2. The molecule has 1 N–H and O–H groups in total. The van der Waals surface area contributed by atoms with Crippen LogP contribution in [0.3, 0.4) is 0 Å². The van der Waals surface area contributed by atoms with Gasteiger partial charge in [-0.25, -0.2) is 0 Å². The smallest absolute Gasteiger partial charge is 0.416 e. The maximum Gasteiger partial charge on any atom is 0.416 e. The van der Waals surface area contributed by atoms with Crippen LogP contribution in [0.15, 0.2) is 70.2 Å². The summed E-state index contributed by atoms with van der Waals surface area (Å²) in [5.41, 5.74) is 1.32. The molecular formula is C22H20F3NO4. The fraction of sp³-hybridized carbons (Fsp3) is 0.227. The molecule has 0 radical (unpaired) electrons. The number of halogens is 3. The van der Waals surface area contributed by atoms with Crippen LogP contribution in [0.2, 0.25) is 0 Å². The van der Waals surface area contributed by atoms with Gasteiger partial charge >= 0.3 is 6.18 Å². The highest BCUT2D eigenvalue weighted by molar-refractivity contribution is 5.98. The summed E-state index contributed by atoms with van der Waals surface area (Å²) < 4.78 is 48.7. The summed E-state index contributed by atoms with van der Waals surface area (Å²) in [5, 5.41) is 13.0. The monoisotopic (exact) mass is 419 g/mol. The van der Waals surface area contributed by atoms with E-state index in [1.54, 1.807) is 31.2 Å². The lowest BCUT2D eigenvalue weighted by Gasteiger charge is -2.08. The molecule has 0 aliphatic heterocycles. The molecule has 0 unspecified atom stereocenters. The molecule has 0 bridgehead atoms. The molecule has 5 nitrogen and oxygen atoms in total. The first kappa shape index (κ1) is 21.4. The minimum absolute atomic E-state index is 0.0651. The van der Waals surface area contributed by atoms with Crippen LogP contribution < -0.4 is 4.74 Å². The molecule has 1 heterocycles. The van der Waals surface area contributed by atoms with Crippen LogP contribution in [0.4, 0.5) is 13.2 Å². The molecule has 0 saturated carbocycles. The minimum Gasteiger partial charge on any atom is -0.486 e. The Morgan fingerprint density at radius 1 is 0.933 bits per heavy atom. The van der Waals surface area contributed by atoms with Crippen LogP contribution in [-0.4, -0.2) is 10.8 Å². The molecule has 0 fully saturated rings. The Hall–Kier alpha value is -3.26. The van der Waals surface area contributed by atoms with Gasteiger partial charge in [-0.15, -0.1) is 0 Å². The van der Waals surface area contributed by atoms with Crippen LogP contribution >= 0.6 is 0 Å². The maximum absolute atomic E-state index is 12.6. The number of rotatable bonds is 8. The summed E-state index contributed by atoms with van der Waals surface area (Å²) in [6, 6.07) is 15.4. The summed E-state index contributed by atoms with van der Waals surface area (Å²) in [6.07, 6.45) is -4.36. The Labute approximate surface area is 171 Å². The fourth-order valence-corrected chi connectivity index (χ4v) is 2.58. The lowest BCUT2D eigenvalue weighted by Crippen LogP contribution is -2.04. The molecule has 0 spiro atoms. The van der Waals surface area contributed by atoms with Gasteiger partial charge in [0.05, 0.1) is 11.3 Å². The van der Waals surface area contributed by atoms with Gasteiger partial charge in [-0.3, -0.25) is 0 Å². The predicted octanol–water partition coefficient (Wildman–Crippen LogP) is 5.31. The second-order valence-electron chi connectivity index (χ2n) is 6.48. The largest absolute Gasteiger partial charge is 0.486 e. The second-order valence-corrected chi connectivity index (χ2v) is 6.48. The van der Waals surface area contributed by atoms with E-state index in [0.717, 1.165) is 17.7 Å². The van der Waals surface area contributed by atoms with Crippen molar-refractivity contribution >= 4 is 5.71 Å². The van der Waals surface area contributed by atoms with Gasteiger partial charge in [-0.05, 0) is 66.6 Å². The van der Waals surface area contributed by atoms with Crippen LogP contribution in [0, 0.1) is 0 Å². The zero-order valence-corrected chi connectivity index (χ0v) is 16.1. The van der Waals surface area contributed by atoms with Crippen molar-refractivity contribution in [2.75, 3.05) is 0 Å². The molecule has 0 atom stereocenters.